The largest absolute Gasteiger partial charge is 0.395 e. The van der Waals surface area contributed by atoms with Gasteiger partial charge in [-0.3, -0.25) is 9.80 Å². The fourth-order valence-electron chi connectivity index (χ4n) is 2.47. The second-order valence-electron chi connectivity index (χ2n) is 4.56. The van der Waals surface area contributed by atoms with Crippen molar-refractivity contribution in [3.05, 3.63) is 0 Å². The fourth-order valence-corrected chi connectivity index (χ4v) is 2.47. The second-order valence-corrected chi connectivity index (χ2v) is 4.56. The van der Waals surface area contributed by atoms with Crippen LogP contribution in [0.1, 0.15) is 26.7 Å². The van der Waals surface area contributed by atoms with Crippen LogP contribution in [0.5, 0.6) is 0 Å². The first-order valence-electron chi connectivity index (χ1n) is 6.46. The highest BCUT2D eigenvalue weighted by Crippen LogP contribution is 2.12. The number of rotatable bonds is 6. The Labute approximate surface area is 98.9 Å². The molecule has 96 valence electrons. The molecule has 1 heterocycles. The average Bonchev–Trinajstić information content (AvgIpc) is 2.34. The maximum Gasteiger partial charge on any atom is 0.0586 e. The number of hydrogen-bond donors (Lipinski definition) is 2. The third-order valence-electron chi connectivity index (χ3n) is 3.75. The smallest absolute Gasteiger partial charge is 0.0586 e. The zero-order chi connectivity index (χ0) is 12.0. The molecule has 0 amide bonds. The number of nitrogens with zero attached hydrogens (tertiary/aromatic N) is 2. The van der Waals surface area contributed by atoms with Gasteiger partial charge in [-0.1, -0.05) is 13.8 Å². The molecule has 4 heteroatoms. The highest BCUT2D eigenvalue weighted by Gasteiger charge is 2.25. The molecular weight excluding hydrogens is 204 g/mol. The monoisotopic (exact) mass is 230 g/mol. The topological polar surface area (TPSA) is 46.9 Å². The highest BCUT2D eigenvalue weighted by molar-refractivity contribution is 4.80. The molecule has 2 unspecified atom stereocenters. The lowest BCUT2D eigenvalue weighted by molar-refractivity contribution is 0.0298. The first-order valence-corrected chi connectivity index (χ1v) is 6.46. The van der Waals surface area contributed by atoms with E-state index >= 15 is 0 Å². The van der Waals surface area contributed by atoms with E-state index in [0.717, 1.165) is 39.0 Å². The molecular formula is C12H26N2O2. The van der Waals surface area contributed by atoms with E-state index < -0.39 is 0 Å². The molecule has 0 saturated carbocycles. The Morgan fingerprint density at radius 3 is 1.31 bits per heavy atom. The van der Waals surface area contributed by atoms with Crippen LogP contribution in [0.4, 0.5) is 0 Å². The van der Waals surface area contributed by atoms with E-state index in [0.29, 0.717) is 12.1 Å². The summed E-state index contributed by atoms with van der Waals surface area (Å²) in [6, 6.07) is 0.632. The summed E-state index contributed by atoms with van der Waals surface area (Å²) >= 11 is 0. The fraction of sp³-hybridized carbons (Fsp3) is 1.00. The molecule has 1 aliphatic heterocycles. The lowest BCUT2D eigenvalue weighted by Crippen LogP contribution is -2.54. The van der Waals surface area contributed by atoms with Gasteiger partial charge in [0.05, 0.1) is 13.2 Å². The van der Waals surface area contributed by atoms with Crippen LogP contribution < -0.4 is 0 Å². The molecule has 0 aromatic heterocycles. The SMILES string of the molecule is CCC(CO)N1CCN(C(CC)CO)CC1. The van der Waals surface area contributed by atoms with Crippen LogP contribution >= 0.6 is 0 Å². The summed E-state index contributed by atoms with van der Waals surface area (Å²) in [5.74, 6) is 0. The van der Waals surface area contributed by atoms with E-state index in [-0.39, 0.29) is 13.2 Å². The first kappa shape index (κ1) is 13.9. The second kappa shape index (κ2) is 7.22. The molecule has 2 atom stereocenters. The molecule has 1 aliphatic rings. The van der Waals surface area contributed by atoms with Crippen LogP contribution in [0.2, 0.25) is 0 Å². The number of hydrogen-bond acceptors (Lipinski definition) is 4. The van der Waals surface area contributed by atoms with E-state index in [2.05, 4.69) is 23.6 Å². The zero-order valence-corrected chi connectivity index (χ0v) is 10.6. The van der Waals surface area contributed by atoms with Crippen LogP contribution in [0.3, 0.4) is 0 Å². The molecule has 0 aromatic rings. The molecule has 0 radical (unpaired) electrons. The van der Waals surface area contributed by atoms with Crippen molar-refractivity contribution < 1.29 is 10.2 Å². The van der Waals surface area contributed by atoms with Crippen LogP contribution in [0, 0.1) is 0 Å². The zero-order valence-electron chi connectivity index (χ0n) is 10.6. The molecule has 1 rings (SSSR count). The summed E-state index contributed by atoms with van der Waals surface area (Å²) in [7, 11) is 0. The van der Waals surface area contributed by atoms with Crippen molar-refractivity contribution in [3.63, 3.8) is 0 Å². The molecule has 0 spiro atoms. The first-order chi connectivity index (χ1) is 7.76. The Morgan fingerprint density at radius 2 is 1.12 bits per heavy atom. The minimum absolute atomic E-state index is 0.258. The van der Waals surface area contributed by atoms with Crippen molar-refractivity contribution in [2.24, 2.45) is 0 Å². The van der Waals surface area contributed by atoms with Crippen LogP contribution in [0.25, 0.3) is 0 Å². The summed E-state index contributed by atoms with van der Waals surface area (Å²) in [5, 5.41) is 18.5. The molecule has 2 N–H and O–H groups in total. The summed E-state index contributed by atoms with van der Waals surface area (Å²) in [5.41, 5.74) is 0. The van der Waals surface area contributed by atoms with Gasteiger partial charge in [0, 0.05) is 38.3 Å². The number of aliphatic hydroxyl groups is 2. The molecule has 1 saturated heterocycles. The van der Waals surface area contributed by atoms with Crippen molar-refractivity contribution in [2.75, 3.05) is 39.4 Å². The summed E-state index contributed by atoms with van der Waals surface area (Å²) < 4.78 is 0. The number of aliphatic hydroxyl groups excluding tert-OH is 2. The normalized spacial score (nSPS) is 23.2. The Bertz CT molecular complexity index is 154. The van der Waals surface area contributed by atoms with Gasteiger partial charge in [-0.05, 0) is 12.8 Å². The van der Waals surface area contributed by atoms with Crippen LogP contribution in [0.15, 0.2) is 0 Å². The standard InChI is InChI=1S/C12H26N2O2/c1-3-11(9-15)13-5-7-14(8-6-13)12(4-2)10-16/h11-12,15-16H,3-10H2,1-2H3. The predicted octanol–water partition coefficient (Wildman–Crippen LogP) is 0.146. The molecule has 0 aromatic carbocycles. The highest BCUT2D eigenvalue weighted by atomic mass is 16.3. The van der Waals surface area contributed by atoms with Gasteiger partial charge >= 0.3 is 0 Å². The van der Waals surface area contributed by atoms with Gasteiger partial charge in [0.15, 0.2) is 0 Å². The van der Waals surface area contributed by atoms with E-state index in [1.54, 1.807) is 0 Å². The minimum Gasteiger partial charge on any atom is -0.395 e. The van der Waals surface area contributed by atoms with Crippen molar-refractivity contribution in [2.45, 2.75) is 38.8 Å². The van der Waals surface area contributed by atoms with Gasteiger partial charge in [0.25, 0.3) is 0 Å². The van der Waals surface area contributed by atoms with E-state index in [4.69, 9.17) is 0 Å². The lowest BCUT2D eigenvalue weighted by Gasteiger charge is -2.41. The Hall–Kier alpha value is -0.160. The van der Waals surface area contributed by atoms with E-state index in [1.807, 2.05) is 0 Å². The molecule has 4 nitrogen and oxygen atoms in total. The van der Waals surface area contributed by atoms with Gasteiger partial charge in [0.2, 0.25) is 0 Å². The van der Waals surface area contributed by atoms with Gasteiger partial charge < -0.3 is 10.2 Å². The summed E-state index contributed by atoms with van der Waals surface area (Å²) in [6.07, 6.45) is 2.02. The van der Waals surface area contributed by atoms with Crippen molar-refractivity contribution in [3.8, 4) is 0 Å². The maximum atomic E-state index is 9.25. The molecule has 1 fully saturated rings. The van der Waals surface area contributed by atoms with Gasteiger partial charge in [-0.25, -0.2) is 0 Å². The number of piperazine rings is 1. The quantitative estimate of drug-likeness (QED) is 0.682. The van der Waals surface area contributed by atoms with Gasteiger partial charge in [-0.15, -0.1) is 0 Å². The van der Waals surface area contributed by atoms with Crippen LogP contribution in [-0.4, -0.2) is 71.5 Å². The Balaban J connectivity index is 2.38. The maximum absolute atomic E-state index is 9.25. The van der Waals surface area contributed by atoms with E-state index in [1.165, 1.54) is 0 Å². The average molecular weight is 230 g/mol. The summed E-state index contributed by atoms with van der Waals surface area (Å²) in [4.78, 5) is 4.72. The lowest BCUT2D eigenvalue weighted by atomic mass is 10.1. The van der Waals surface area contributed by atoms with Crippen molar-refractivity contribution >= 4 is 0 Å². The van der Waals surface area contributed by atoms with Crippen molar-refractivity contribution in [1.29, 1.82) is 0 Å². The Kier molecular flexibility index (Phi) is 6.28. The molecule has 0 bridgehead atoms. The molecule has 16 heavy (non-hydrogen) atoms. The minimum atomic E-state index is 0.258. The molecule has 0 aliphatic carbocycles. The van der Waals surface area contributed by atoms with Crippen LogP contribution in [-0.2, 0) is 0 Å². The Morgan fingerprint density at radius 1 is 0.812 bits per heavy atom. The third kappa shape index (κ3) is 3.42. The summed E-state index contributed by atoms with van der Waals surface area (Å²) in [6.45, 7) is 8.79. The van der Waals surface area contributed by atoms with Crippen molar-refractivity contribution in [1.82, 2.24) is 9.80 Å². The van der Waals surface area contributed by atoms with E-state index in [9.17, 15) is 10.2 Å². The third-order valence-corrected chi connectivity index (χ3v) is 3.75. The van der Waals surface area contributed by atoms with Gasteiger partial charge in [-0.2, -0.15) is 0 Å². The van der Waals surface area contributed by atoms with Gasteiger partial charge in [0.1, 0.15) is 0 Å². The predicted molar refractivity (Wildman–Crippen MR) is 65.5 cm³/mol.